The number of anilines is 1. The minimum absolute atomic E-state index is 0.0442. The van der Waals surface area contributed by atoms with Gasteiger partial charge < -0.3 is 20.4 Å². The van der Waals surface area contributed by atoms with Crippen LogP contribution in [0.4, 0.5) is 5.69 Å². The van der Waals surface area contributed by atoms with Crippen molar-refractivity contribution in [3.8, 4) is 0 Å². The highest BCUT2D eigenvalue weighted by molar-refractivity contribution is 7.92. The quantitative estimate of drug-likeness (QED) is 0.306. The van der Waals surface area contributed by atoms with E-state index in [0.29, 0.717) is 16.9 Å². The number of amides is 2. The average molecular weight is 601 g/mol. The van der Waals surface area contributed by atoms with Crippen LogP contribution in [0.1, 0.15) is 47.7 Å². The van der Waals surface area contributed by atoms with Gasteiger partial charge in [0.2, 0.25) is 11.8 Å². The number of hydrogen-bond donors (Lipinski definition) is 3. The molecule has 0 aliphatic carbocycles. The van der Waals surface area contributed by atoms with Gasteiger partial charge in [-0.3, -0.25) is 13.9 Å². The van der Waals surface area contributed by atoms with E-state index in [1.54, 1.807) is 36.4 Å². The molecule has 3 aromatic carbocycles. The zero-order valence-corrected chi connectivity index (χ0v) is 24.8. The maximum Gasteiger partial charge on any atom is 0.328 e. The molecule has 2 aliphatic rings. The minimum Gasteiger partial charge on any atom is -0.467 e. The van der Waals surface area contributed by atoms with Crippen molar-refractivity contribution in [1.82, 2.24) is 15.6 Å². The number of aromatic amines is 1. The van der Waals surface area contributed by atoms with Gasteiger partial charge in [0.25, 0.3) is 10.0 Å². The smallest absolute Gasteiger partial charge is 0.328 e. The van der Waals surface area contributed by atoms with Crippen LogP contribution in [0.15, 0.2) is 77.7 Å². The summed E-state index contributed by atoms with van der Waals surface area (Å²) < 4.78 is 35.6. The Hall–Kier alpha value is -4.64. The molecule has 222 valence electrons. The molecule has 0 bridgehead atoms. The van der Waals surface area contributed by atoms with E-state index in [1.807, 2.05) is 43.3 Å². The van der Waals surface area contributed by atoms with Gasteiger partial charge in [-0.1, -0.05) is 54.1 Å². The number of aromatic nitrogens is 1. The van der Waals surface area contributed by atoms with Crippen molar-refractivity contribution in [3.63, 3.8) is 0 Å². The first-order chi connectivity index (χ1) is 20.6. The van der Waals surface area contributed by atoms with E-state index in [9.17, 15) is 22.8 Å². The summed E-state index contributed by atoms with van der Waals surface area (Å²) in [5, 5.41) is 6.33. The molecule has 2 amide bonds. The predicted octanol–water partition coefficient (Wildman–Crippen LogP) is 3.62. The SMILES string of the molecule is COC(=O)[C@@H]1Cc2c([nH]c3ccccc23)[C@H]2[C@H](C[C@H](NC(C)=O)C(=O)N1)c1ccccc1N2S(=O)(=O)c1ccc(C)cc1. The van der Waals surface area contributed by atoms with Crippen LogP contribution in [0.2, 0.25) is 0 Å². The third-order valence-corrected chi connectivity index (χ3v) is 10.1. The molecular formula is C32H32N4O6S. The Morgan fingerprint density at radius 2 is 1.70 bits per heavy atom. The first kappa shape index (κ1) is 28.5. The van der Waals surface area contributed by atoms with E-state index >= 15 is 0 Å². The third kappa shape index (κ3) is 4.93. The topological polar surface area (TPSA) is 138 Å². The summed E-state index contributed by atoms with van der Waals surface area (Å²) in [5.41, 5.74) is 4.24. The number of nitrogens with one attached hydrogen (secondary N) is 3. The second kappa shape index (κ2) is 10.9. The standard InChI is InChI=1S/C32H32N4O6S/c1-18-12-14-20(15-13-18)43(40,41)36-28-11-7-5-9-22(28)24-17-26(33-19(2)37)31(38)35-27(32(39)42-3)16-23-21-8-4-6-10-25(21)34-29(23)30(24)36/h4-15,24,26-27,30,34H,16-17H2,1-3H3,(H,33,37)(H,35,38)/t24-,26+,27+,30-/m1/s1. The van der Waals surface area contributed by atoms with Crippen molar-refractivity contribution in [1.29, 1.82) is 0 Å². The highest BCUT2D eigenvalue weighted by Crippen LogP contribution is 2.54. The number of benzene rings is 3. The van der Waals surface area contributed by atoms with E-state index in [4.69, 9.17) is 4.74 Å². The summed E-state index contributed by atoms with van der Waals surface area (Å²) >= 11 is 0. The third-order valence-electron chi connectivity index (χ3n) is 8.32. The van der Waals surface area contributed by atoms with Gasteiger partial charge in [-0.25, -0.2) is 13.2 Å². The maximum atomic E-state index is 14.6. The Bertz CT molecular complexity index is 1850. The molecule has 0 saturated heterocycles. The number of nitrogens with zero attached hydrogens (tertiary/aromatic N) is 1. The average Bonchev–Trinajstić information content (AvgIpc) is 3.51. The molecule has 4 atom stereocenters. The fourth-order valence-corrected chi connectivity index (χ4v) is 8.08. The van der Waals surface area contributed by atoms with Crippen molar-refractivity contribution in [2.24, 2.45) is 0 Å². The van der Waals surface area contributed by atoms with Crippen LogP contribution < -0.4 is 14.9 Å². The van der Waals surface area contributed by atoms with E-state index in [-0.39, 0.29) is 17.7 Å². The van der Waals surface area contributed by atoms with E-state index in [2.05, 4.69) is 15.6 Å². The summed E-state index contributed by atoms with van der Waals surface area (Å²) in [4.78, 5) is 42.5. The lowest BCUT2D eigenvalue weighted by Crippen LogP contribution is -2.53. The largest absolute Gasteiger partial charge is 0.467 e. The Morgan fingerprint density at radius 3 is 2.42 bits per heavy atom. The van der Waals surface area contributed by atoms with Crippen molar-refractivity contribution in [3.05, 3.63) is 95.2 Å². The van der Waals surface area contributed by atoms with Gasteiger partial charge in [0.1, 0.15) is 12.1 Å². The lowest BCUT2D eigenvalue weighted by molar-refractivity contribution is -0.145. The molecule has 6 rings (SSSR count). The van der Waals surface area contributed by atoms with Crippen LogP contribution >= 0.6 is 0 Å². The molecule has 2 aliphatic heterocycles. The number of H-pyrrole nitrogens is 1. The Morgan fingerprint density at radius 1 is 1.00 bits per heavy atom. The van der Waals surface area contributed by atoms with Crippen LogP contribution in [0.3, 0.4) is 0 Å². The van der Waals surface area contributed by atoms with Crippen LogP contribution in [0.25, 0.3) is 10.9 Å². The molecule has 4 aromatic rings. The normalized spacial score (nSPS) is 21.7. The molecule has 1 aromatic heterocycles. The van der Waals surface area contributed by atoms with Gasteiger partial charge in [0.15, 0.2) is 0 Å². The molecule has 11 heteroatoms. The molecule has 0 radical (unpaired) electrons. The lowest BCUT2D eigenvalue weighted by atomic mass is 9.84. The predicted molar refractivity (Wildman–Crippen MR) is 161 cm³/mol. The number of ether oxygens (including phenoxy) is 1. The molecule has 3 heterocycles. The zero-order valence-electron chi connectivity index (χ0n) is 24.0. The number of para-hydroxylation sites is 2. The summed E-state index contributed by atoms with van der Waals surface area (Å²) in [6, 6.07) is 18.6. The van der Waals surface area contributed by atoms with Crippen molar-refractivity contribution in [2.75, 3.05) is 11.4 Å². The van der Waals surface area contributed by atoms with Crippen LogP contribution in [-0.2, 0) is 35.6 Å². The molecule has 0 unspecified atom stereocenters. The van der Waals surface area contributed by atoms with E-state index in [1.165, 1.54) is 18.3 Å². The second-order valence-corrected chi connectivity index (χ2v) is 12.9. The Labute approximate surface area is 249 Å². The minimum atomic E-state index is -4.12. The van der Waals surface area contributed by atoms with Crippen LogP contribution in [0, 0.1) is 6.92 Å². The number of hydrogen-bond acceptors (Lipinski definition) is 6. The number of fused-ring (bicyclic) bond motifs is 7. The highest BCUT2D eigenvalue weighted by Gasteiger charge is 2.49. The fraction of sp³-hybridized carbons (Fsp3) is 0.281. The maximum absolute atomic E-state index is 14.6. The number of methoxy groups -OCH3 is 1. The zero-order chi connectivity index (χ0) is 30.5. The summed E-state index contributed by atoms with van der Waals surface area (Å²) in [6.45, 7) is 3.20. The lowest BCUT2D eigenvalue weighted by Gasteiger charge is -2.33. The number of sulfonamides is 1. The molecule has 0 saturated carbocycles. The van der Waals surface area contributed by atoms with Gasteiger partial charge >= 0.3 is 5.97 Å². The molecule has 0 fully saturated rings. The molecule has 0 spiro atoms. The Balaban J connectivity index is 1.64. The van der Waals surface area contributed by atoms with Crippen LogP contribution in [-0.4, -0.2) is 50.4 Å². The molecular weight excluding hydrogens is 568 g/mol. The van der Waals surface area contributed by atoms with Gasteiger partial charge in [-0.15, -0.1) is 0 Å². The van der Waals surface area contributed by atoms with Crippen molar-refractivity contribution >= 4 is 44.4 Å². The van der Waals surface area contributed by atoms with Gasteiger partial charge in [0.05, 0.1) is 23.7 Å². The molecule has 3 N–H and O–H groups in total. The summed E-state index contributed by atoms with van der Waals surface area (Å²) in [6.07, 6.45) is 0.123. The number of carbonyl (C=O) groups is 3. The first-order valence-corrected chi connectivity index (χ1v) is 15.5. The molecule has 43 heavy (non-hydrogen) atoms. The number of aryl methyl sites for hydroxylation is 1. The molecule has 10 nitrogen and oxygen atoms in total. The highest BCUT2D eigenvalue weighted by atomic mass is 32.2. The second-order valence-electron chi connectivity index (χ2n) is 11.1. The first-order valence-electron chi connectivity index (χ1n) is 14.0. The number of esters is 1. The van der Waals surface area contributed by atoms with Gasteiger partial charge in [0, 0.05) is 35.9 Å². The van der Waals surface area contributed by atoms with E-state index < -0.39 is 51.9 Å². The van der Waals surface area contributed by atoms with E-state index in [0.717, 1.165) is 22.0 Å². The van der Waals surface area contributed by atoms with Gasteiger partial charge in [-0.05, 0) is 48.7 Å². The number of rotatable bonds is 4. The van der Waals surface area contributed by atoms with Crippen LogP contribution in [0.5, 0.6) is 0 Å². The fourth-order valence-electron chi connectivity index (χ4n) is 6.40. The monoisotopic (exact) mass is 600 g/mol. The van der Waals surface area contributed by atoms with Crippen molar-refractivity contribution in [2.45, 2.75) is 55.6 Å². The number of carbonyl (C=O) groups excluding carboxylic acids is 3. The van der Waals surface area contributed by atoms with Gasteiger partial charge in [-0.2, -0.15) is 0 Å². The Kier molecular flexibility index (Phi) is 7.21. The van der Waals surface area contributed by atoms with Crippen molar-refractivity contribution < 1.29 is 27.5 Å². The summed E-state index contributed by atoms with van der Waals surface area (Å²) in [5.74, 6) is -2.15. The summed E-state index contributed by atoms with van der Waals surface area (Å²) in [7, 11) is -2.88.